The minimum atomic E-state index is -0.604. The number of aromatic nitrogens is 4. The number of H-pyrrole nitrogens is 1. The molecule has 0 radical (unpaired) electrons. The molecule has 2 aliphatic heterocycles. The van der Waals surface area contributed by atoms with E-state index in [0.29, 0.717) is 26.1 Å². The van der Waals surface area contributed by atoms with E-state index in [2.05, 4.69) is 21.0 Å². The van der Waals surface area contributed by atoms with E-state index >= 15 is 0 Å². The lowest BCUT2D eigenvalue weighted by Crippen LogP contribution is -2.53. The molecule has 3 aromatic rings. The Labute approximate surface area is 173 Å². The second-order valence-electron chi connectivity index (χ2n) is 8.29. The lowest BCUT2D eigenvalue weighted by molar-refractivity contribution is -0.135. The van der Waals surface area contributed by atoms with Crippen molar-refractivity contribution >= 4 is 5.91 Å². The average Bonchev–Trinajstić information content (AvgIpc) is 3.27. The monoisotopic (exact) mass is 404 g/mol. The molecular weight excluding hydrogens is 380 g/mol. The van der Waals surface area contributed by atoms with Crippen molar-refractivity contribution in [2.45, 2.75) is 31.3 Å². The standard InChI is InChI=1S/C22H24N6O2/c23-19(7-18-9-25-13-26-18)22(30)27-10-14-4-17(12-27)20-5-16(6-21(29)28(20)11-14)15-2-1-3-24-8-15/h1-3,5-6,8-9,13-14,17,19H,4,7,10-12,23H2,(H,25,26)/t14-,17+,19-/m0/s1. The summed E-state index contributed by atoms with van der Waals surface area (Å²) in [5, 5.41) is 0. The molecule has 3 atom stereocenters. The number of nitrogens with one attached hydrogen (secondary N) is 1. The average molecular weight is 404 g/mol. The number of amides is 1. The zero-order chi connectivity index (χ0) is 20.7. The molecule has 154 valence electrons. The highest BCUT2D eigenvalue weighted by atomic mass is 16.2. The van der Waals surface area contributed by atoms with Crippen molar-refractivity contribution in [2.75, 3.05) is 13.1 Å². The number of likely N-dealkylation sites (tertiary alicyclic amines) is 1. The number of carbonyl (C=O) groups excluding carboxylic acids is 1. The molecule has 0 aromatic carbocycles. The van der Waals surface area contributed by atoms with Crippen molar-refractivity contribution in [2.24, 2.45) is 11.7 Å². The number of pyridine rings is 2. The summed E-state index contributed by atoms with van der Waals surface area (Å²) in [6.45, 7) is 1.86. The van der Waals surface area contributed by atoms with Crippen LogP contribution < -0.4 is 11.3 Å². The summed E-state index contributed by atoms with van der Waals surface area (Å²) < 4.78 is 1.88. The highest BCUT2D eigenvalue weighted by Gasteiger charge is 2.37. The molecule has 1 fully saturated rings. The first-order chi connectivity index (χ1) is 14.6. The van der Waals surface area contributed by atoms with Crippen LogP contribution in [0.1, 0.15) is 23.7 Å². The quantitative estimate of drug-likeness (QED) is 0.678. The number of piperidine rings is 1. The number of nitrogens with two attached hydrogens (primary N) is 1. The maximum absolute atomic E-state index is 13.0. The Morgan fingerprint density at radius 1 is 1.20 bits per heavy atom. The summed E-state index contributed by atoms with van der Waals surface area (Å²) in [6.07, 6.45) is 8.19. The van der Waals surface area contributed by atoms with Gasteiger partial charge in [0.1, 0.15) is 0 Å². The molecule has 2 aliphatic rings. The Morgan fingerprint density at radius 3 is 2.87 bits per heavy atom. The number of fused-ring (bicyclic) bond motifs is 4. The summed E-state index contributed by atoms with van der Waals surface area (Å²) in [7, 11) is 0. The zero-order valence-electron chi connectivity index (χ0n) is 16.6. The summed E-state index contributed by atoms with van der Waals surface area (Å²) in [5.41, 5.74) is 9.86. The van der Waals surface area contributed by atoms with E-state index in [9.17, 15) is 9.59 Å². The van der Waals surface area contributed by atoms with Gasteiger partial charge in [-0.15, -0.1) is 0 Å². The van der Waals surface area contributed by atoms with Crippen LogP contribution in [0.25, 0.3) is 11.1 Å². The van der Waals surface area contributed by atoms with Gasteiger partial charge in [0.15, 0.2) is 0 Å². The number of nitrogens with zero attached hydrogens (tertiary/aromatic N) is 4. The van der Waals surface area contributed by atoms with Crippen molar-refractivity contribution < 1.29 is 4.79 Å². The largest absolute Gasteiger partial charge is 0.348 e. The van der Waals surface area contributed by atoms with Crippen molar-refractivity contribution in [1.82, 2.24) is 24.4 Å². The lowest BCUT2D eigenvalue weighted by Gasteiger charge is -2.43. The fourth-order valence-electron chi connectivity index (χ4n) is 4.79. The normalized spacial score (nSPS) is 21.2. The third kappa shape index (κ3) is 3.43. The van der Waals surface area contributed by atoms with Crippen LogP contribution in [0.15, 0.2) is 54.0 Å². The van der Waals surface area contributed by atoms with E-state index in [-0.39, 0.29) is 23.3 Å². The molecule has 5 heterocycles. The second kappa shape index (κ2) is 7.53. The van der Waals surface area contributed by atoms with Crippen LogP contribution in [-0.4, -0.2) is 49.5 Å². The van der Waals surface area contributed by atoms with E-state index < -0.39 is 6.04 Å². The number of imidazole rings is 1. The van der Waals surface area contributed by atoms with Gasteiger partial charge in [-0.05, 0) is 30.0 Å². The van der Waals surface area contributed by atoms with Gasteiger partial charge in [-0.3, -0.25) is 14.6 Å². The molecule has 3 N–H and O–H groups in total. The van der Waals surface area contributed by atoms with Crippen LogP contribution in [0.3, 0.4) is 0 Å². The Morgan fingerprint density at radius 2 is 2.10 bits per heavy atom. The van der Waals surface area contributed by atoms with Gasteiger partial charge >= 0.3 is 0 Å². The molecule has 2 bridgehead atoms. The Kier molecular flexibility index (Phi) is 4.71. The molecular formula is C22H24N6O2. The van der Waals surface area contributed by atoms with Crippen LogP contribution in [0.4, 0.5) is 0 Å². The van der Waals surface area contributed by atoms with Gasteiger partial charge in [0.05, 0.1) is 12.4 Å². The first-order valence-corrected chi connectivity index (χ1v) is 10.3. The smallest absolute Gasteiger partial charge is 0.251 e. The third-order valence-electron chi connectivity index (χ3n) is 6.17. The van der Waals surface area contributed by atoms with Gasteiger partial charge in [-0.25, -0.2) is 4.98 Å². The third-order valence-corrected chi connectivity index (χ3v) is 6.17. The first kappa shape index (κ1) is 18.7. The van der Waals surface area contributed by atoms with E-state index in [1.807, 2.05) is 21.6 Å². The van der Waals surface area contributed by atoms with Gasteiger partial charge in [-0.1, -0.05) is 6.07 Å². The lowest BCUT2D eigenvalue weighted by atomic mass is 9.82. The van der Waals surface area contributed by atoms with Crippen molar-refractivity contribution in [1.29, 1.82) is 0 Å². The fourth-order valence-corrected chi connectivity index (χ4v) is 4.79. The number of rotatable bonds is 4. The van der Waals surface area contributed by atoms with E-state index in [1.54, 1.807) is 31.0 Å². The fraction of sp³-hybridized carbons (Fsp3) is 0.364. The van der Waals surface area contributed by atoms with Crippen LogP contribution in [0.5, 0.6) is 0 Å². The molecule has 0 aliphatic carbocycles. The van der Waals surface area contributed by atoms with E-state index in [0.717, 1.165) is 28.9 Å². The maximum atomic E-state index is 13.0. The van der Waals surface area contributed by atoms with Gasteiger partial charge in [0.25, 0.3) is 5.56 Å². The number of aromatic amines is 1. The van der Waals surface area contributed by atoms with Gasteiger partial charge in [0, 0.05) is 73.6 Å². The van der Waals surface area contributed by atoms with Crippen LogP contribution in [-0.2, 0) is 17.8 Å². The minimum Gasteiger partial charge on any atom is -0.348 e. The first-order valence-electron chi connectivity index (χ1n) is 10.3. The highest BCUT2D eigenvalue weighted by molar-refractivity contribution is 5.82. The Hall–Kier alpha value is -3.26. The summed E-state index contributed by atoms with van der Waals surface area (Å²) in [4.78, 5) is 38.9. The summed E-state index contributed by atoms with van der Waals surface area (Å²) in [5.74, 6) is 0.352. The molecule has 1 saturated heterocycles. The zero-order valence-corrected chi connectivity index (χ0v) is 16.6. The van der Waals surface area contributed by atoms with Crippen LogP contribution in [0, 0.1) is 5.92 Å². The number of hydrogen-bond donors (Lipinski definition) is 2. The van der Waals surface area contributed by atoms with Crippen LogP contribution >= 0.6 is 0 Å². The van der Waals surface area contributed by atoms with E-state index in [1.165, 1.54) is 0 Å². The molecule has 8 nitrogen and oxygen atoms in total. The SMILES string of the molecule is N[C@@H](Cc1cnc[nH]1)C(=O)N1C[C@@H]2C[C@H](C1)c1cc(-c3cccnc3)cc(=O)n1C2. The van der Waals surface area contributed by atoms with Gasteiger partial charge < -0.3 is 20.2 Å². The van der Waals surface area contributed by atoms with Crippen LogP contribution in [0.2, 0.25) is 0 Å². The van der Waals surface area contributed by atoms with Crippen molar-refractivity contribution in [3.63, 3.8) is 0 Å². The predicted octanol–water partition coefficient (Wildman–Crippen LogP) is 1.15. The molecule has 0 spiro atoms. The highest BCUT2D eigenvalue weighted by Crippen LogP contribution is 2.36. The van der Waals surface area contributed by atoms with Crippen molar-refractivity contribution in [3.05, 3.63) is 70.9 Å². The summed E-state index contributed by atoms with van der Waals surface area (Å²) in [6, 6.07) is 6.98. The predicted molar refractivity (Wildman–Crippen MR) is 112 cm³/mol. The van der Waals surface area contributed by atoms with Crippen molar-refractivity contribution in [3.8, 4) is 11.1 Å². The number of hydrogen-bond acceptors (Lipinski definition) is 5. The minimum absolute atomic E-state index is 0.0109. The Bertz CT molecular complexity index is 1110. The molecule has 5 rings (SSSR count). The molecule has 3 aromatic heterocycles. The topological polar surface area (TPSA) is 110 Å². The molecule has 8 heteroatoms. The van der Waals surface area contributed by atoms with Gasteiger partial charge in [0.2, 0.25) is 5.91 Å². The second-order valence-corrected chi connectivity index (χ2v) is 8.29. The maximum Gasteiger partial charge on any atom is 0.251 e. The summed E-state index contributed by atoms with van der Waals surface area (Å²) >= 11 is 0. The molecule has 0 unspecified atom stereocenters. The Balaban J connectivity index is 1.40. The van der Waals surface area contributed by atoms with E-state index in [4.69, 9.17) is 5.73 Å². The molecule has 30 heavy (non-hydrogen) atoms. The number of carbonyl (C=O) groups is 1. The van der Waals surface area contributed by atoms with Gasteiger partial charge in [-0.2, -0.15) is 0 Å². The molecule has 1 amide bonds. The molecule has 0 saturated carbocycles.